The van der Waals surface area contributed by atoms with Gasteiger partial charge >= 0.3 is 0 Å². The van der Waals surface area contributed by atoms with Gasteiger partial charge in [-0.2, -0.15) is 0 Å². The van der Waals surface area contributed by atoms with E-state index >= 15 is 0 Å². The number of rotatable bonds is 2. The smallest absolute Gasteiger partial charge is 0.198 e. The summed E-state index contributed by atoms with van der Waals surface area (Å²) in [5, 5.41) is 32.4. The first-order chi connectivity index (χ1) is 39.4. The van der Waals surface area contributed by atoms with E-state index in [0.29, 0.717) is 83.7 Å². The molecule has 19 nitrogen and oxygen atoms in total. The van der Waals surface area contributed by atoms with E-state index in [1.807, 2.05) is 6.92 Å². The van der Waals surface area contributed by atoms with Crippen molar-refractivity contribution in [1.29, 1.82) is 0 Å². The summed E-state index contributed by atoms with van der Waals surface area (Å²) in [6.45, 7) is 20.0. The number of carbonyl (C=O) groups is 1. The van der Waals surface area contributed by atoms with E-state index in [9.17, 15) is 20.1 Å². The maximum Gasteiger partial charge on any atom is 0.198 e. The van der Waals surface area contributed by atoms with E-state index in [1.165, 1.54) is 0 Å². The van der Waals surface area contributed by atoms with Gasteiger partial charge in [-0.05, 0) is 92.6 Å². The van der Waals surface area contributed by atoms with E-state index < -0.39 is 65.7 Å². The molecule has 17 aliphatic heterocycles. The van der Waals surface area contributed by atoms with Gasteiger partial charge < -0.3 is 86.4 Å². The third-order valence-corrected chi connectivity index (χ3v) is 23.9. The van der Waals surface area contributed by atoms with Crippen molar-refractivity contribution >= 4 is 5.78 Å². The van der Waals surface area contributed by atoms with Crippen molar-refractivity contribution in [3.8, 4) is 0 Å². The molecule has 3 N–H and O–H groups in total. The third kappa shape index (κ3) is 8.86. The second kappa shape index (κ2) is 20.2. The van der Waals surface area contributed by atoms with E-state index in [2.05, 4.69) is 40.9 Å². The molecule has 17 aliphatic rings. The second-order valence-electron chi connectivity index (χ2n) is 29.2. The number of fused-ring (bicyclic) bond motifs is 11. The first kappa shape index (κ1) is 55.7. The number of aliphatic hydroxyl groups is 3. The van der Waals surface area contributed by atoms with Crippen LogP contribution in [0.1, 0.15) is 144 Å². The summed E-state index contributed by atoms with van der Waals surface area (Å²) < 4.78 is 104. The lowest BCUT2D eigenvalue weighted by Crippen LogP contribution is -2.62. The quantitative estimate of drug-likeness (QED) is 0.303. The van der Waals surface area contributed by atoms with Crippen LogP contribution in [-0.4, -0.2) is 204 Å². The molecular formula is C63H90O19. The highest BCUT2D eigenvalue weighted by molar-refractivity contribution is 5.79. The Kier molecular flexibility index (Phi) is 13.7. The van der Waals surface area contributed by atoms with Crippen LogP contribution in [0.2, 0.25) is 0 Å². The van der Waals surface area contributed by atoms with Crippen molar-refractivity contribution < 1.29 is 91.2 Å². The molecule has 19 heteroatoms. The molecule has 0 amide bonds. The Morgan fingerprint density at radius 1 is 0.561 bits per heavy atom. The van der Waals surface area contributed by atoms with Crippen LogP contribution in [0, 0.1) is 35.5 Å². The van der Waals surface area contributed by atoms with Gasteiger partial charge in [0.15, 0.2) is 17.4 Å². The summed E-state index contributed by atoms with van der Waals surface area (Å²) in [5.74, 6) is -2.89. The molecule has 17 fully saturated rings. The summed E-state index contributed by atoms with van der Waals surface area (Å²) in [4.78, 5) is 14.9. The summed E-state index contributed by atoms with van der Waals surface area (Å²) in [6.07, 6.45) is 2.30. The zero-order valence-corrected chi connectivity index (χ0v) is 48.5. The average molecular weight is 1150 g/mol. The van der Waals surface area contributed by atoms with Crippen molar-refractivity contribution in [2.45, 2.75) is 313 Å². The molecule has 0 saturated carbocycles. The van der Waals surface area contributed by atoms with Crippen LogP contribution >= 0.6 is 0 Å². The topological polar surface area (TPSA) is 216 Å². The zero-order chi connectivity index (χ0) is 56.1. The Morgan fingerprint density at radius 2 is 1.28 bits per heavy atom. The molecule has 17 heterocycles. The lowest BCUT2D eigenvalue weighted by molar-refractivity contribution is -0.370. The van der Waals surface area contributed by atoms with Gasteiger partial charge in [0.05, 0.1) is 123 Å². The fourth-order valence-corrected chi connectivity index (χ4v) is 19.8. The van der Waals surface area contributed by atoms with Crippen molar-refractivity contribution in [1.82, 2.24) is 0 Å². The van der Waals surface area contributed by atoms with Crippen LogP contribution in [-0.2, 0) is 75.8 Å². The van der Waals surface area contributed by atoms with Gasteiger partial charge in [-0.1, -0.05) is 40.9 Å². The van der Waals surface area contributed by atoms with Crippen LogP contribution in [0.15, 0.2) is 24.3 Å². The molecule has 17 saturated heterocycles. The third-order valence-electron chi connectivity index (χ3n) is 23.9. The normalized spacial score (nSPS) is 59.7. The summed E-state index contributed by atoms with van der Waals surface area (Å²) >= 11 is 0. The minimum atomic E-state index is -1.33. The molecule has 34 atom stereocenters. The molecule has 34 unspecified atom stereocenters. The van der Waals surface area contributed by atoms with Crippen LogP contribution in [0.5, 0.6) is 0 Å². The Morgan fingerprint density at radius 3 is 2.12 bits per heavy atom. The maximum atomic E-state index is 14.9. The largest absolute Gasteiger partial charge is 0.394 e. The zero-order valence-electron chi connectivity index (χ0n) is 48.5. The van der Waals surface area contributed by atoms with Gasteiger partial charge in [0.2, 0.25) is 0 Å². The fourth-order valence-electron chi connectivity index (χ4n) is 19.8. The fraction of sp³-hybridized carbons (Fsp3) is 0.921. The van der Waals surface area contributed by atoms with Crippen molar-refractivity contribution in [3.05, 3.63) is 24.3 Å². The molecule has 0 aromatic heterocycles. The lowest BCUT2D eigenvalue weighted by atomic mass is 9.72. The van der Waals surface area contributed by atoms with Crippen molar-refractivity contribution in [3.63, 3.8) is 0 Å². The first-order valence-electron chi connectivity index (χ1n) is 32.2. The molecule has 12 bridgehead atoms. The second-order valence-corrected chi connectivity index (χ2v) is 29.2. The number of ketones is 1. The standard InChI is InChI=1S/C63H90O19/c1-27-14-34-8-10-40-28(2)15-36(69-40)12-13-63-59(67)60(7)58(82-63)57-56(79-60)55(81-63)54-41(73-57)11-9-35(71-54)16-33(65)17-37-32(6)52-46(72-43(37)18-42(70-34)31(27)5)19-44-48(74-52)23-62(76-44)24-49-51(80-62)30(4)22-61(78-49)21-29(3)50-47(77-61)20-45-53(75-50)38(26-68-45)39(66)25-64/h27,29-30,32,34-59,64,66-67H,2,5,8-26H2,1,3-4,6-7H3. The molecule has 17 rings (SSSR count). The van der Waals surface area contributed by atoms with Crippen LogP contribution in [0.25, 0.3) is 0 Å². The summed E-state index contributed by atoms with van der Waals surface area (Å²) in [7, 11) is 0. The van der Waals surface area contributed by atoms with Gasteiger partial charge in [0, 0.05) is 70.1 Å². The predicted octanol–water partition coefficient (Wildman–Crippen LogP) is 5.21. The molecule has 0 aromatic carbocycles. The van der Waals surface area contributed by atoms with E-state index in [0.717, 1.165) is 36.8 Å². The Labute approximate surface area is 481 Å². The molecule has 0 aliphatic carbocycles. The van der Waals surface area contributed by atoms with E-state index in [1.54, 1.807) is 0 Å². The highest BCUT2D eigenvalue weighted by Crippen LogP contribution is 2.60. The molecule has 0 radical (unpaired) electrons. The van der Waals surface area contributed by atoms with Crippen molar-refractivity contribution in [2.24, 2.45) is 35.5 Å². The molecule has 82 heavy (non-hydrogen) atoms. The summed E-state index contributed by atoms with van der Waals surface area (Å²) in [6, 6.07) is 0. The number of hydrogen-bond donors (Lipinski definition) is 3. The van der Waals surface area contributed by atoms with Gasteiger partial charge in [-0.15, -0.1) is 0 Å². The van der Waals surface area contributed by atoms with Gasteiger partial charge in [0.25, 0.3) is 0 Å². The number of hydrogen-bond acceptors (Lipinski definition) is 19. The van der Waals surface area contributed by atoms with Crippen LogP contribution < -0.4 is 0 Å². The number of Topliss-reactive ketones (excluding diaryl/α,β-unsaturated/α-hetero) is 1. The highest BCUT2D eigenvalue weighted by atomic mass is 16.8. The Bertz CT molecular complexity index is 2500. The first-order valence-corrected chi connectivity index (χ1v) is 32.2. The maximum absolute atomic E-state index is 14.9. The molecule has 456 valence electrons. The number of carbonyl (C=O) groups excluding carboxylic acids is 1. The minimum Gasteiger partial charge on any atom is -0.394 e. The van der Waals surface area contributed by atoms with E-state index in [4.69, 9.17) is 71.1 Å². The lowest BCUT2D eigenvalue weighted by Gasteiger charge is -2.54. The monoisotopic (exact) mass is 1150 g/mol. The molecule has 0 aromatic rings. The van der Waals surface area contributed by atoms with Gasteiger partial charge in [0.1, 0.15) is 48.0 Å². The Hall–Kier alpha value is -1.57. The van der Waals surface area contributed by atoms with Gasteiger partial charge in [-0.3, -0.25) is 4.79 Å². The van der Waals surface area contributed by atoms with Crippen LogP contribution in [0.3, 0.4) is 0 Å². The molecule has 3 spiro atoms. The van der Waals surface area contributed by atoms with Gasteiger partial charge in [-0.25, -0.2) is 0 Å². The van der Waals surface area contributed by atoms with E-state index in [-0.39, 0.29) is 158 Å². The number of ether oxygens (including phenoxy) is 15. The highest BCUT2D eigenvalue weighted by Gasteiger charge is 2.77. The number of aliphatic hydroxyl groups excluding tert-OH is 3. The average Bonchev–Trinajstić information content (AvgIpc) is 3.55. The Balaban J connectivity index is 0.633. The minimum absolute atomic E-state index is 0.0141. The van der Waals surface area contributed by atoms with Crippen LogP contribution in [0.4, 0.5) is 0 Å². The molecular weight excluding hydrogens is 1060 g/mol. The van der Waals surface area contributed by atoms with Crippen molar-refractivity contribution in [2.75, 3.05) is 13.2 Å². The summed E-state index contributed by atoms with van der Waals surface area (Å²) in [5.41, 5.74) is 1.14. The SMILES string of the molecule is C=C1CC2CCC34OC5C6OC(CCC6OC6C5OC(C)(C6O3)C4O)CC(=O)CC3C(CC4OC(CCC1O2)CC(C)C4=C)OC1CC2OC4(CC2OC1C3C)CC1OC2(CC(C)C3OC5C(CC3O2)OCC5C(O)CO)CC(C)C1O4. The predicted molar refractivity (Wildman–Crippen MR) is 286 cm³/mol.